The number of methoxy groups -OCH3 is 1. The number of aryl methyl sites for hydroxylation is 2. The third-order valence-corrected chi connectivity index (χ3v) is 5.34. The molecule has 0 spiro atoms. The summed E-state index contributed by atoms with van der Waals surface area (Å²) in [4.78, 5) is 29.1. The maximum atomic E-state index is 12.7. The van der Waals surface area contributed by atoms with Crippen molar-refractivity contribution in [1.82, 2.24) is 20.1 Å². The highest BCUT2D eigenvalue weighted by Crippen LogP contribution is 2.38. The van der Waals surface area contributed by atoms with Gasteiger partial charge in [0.2, 0.25) is 5.91 Å². The van der Waals surface area contributed by atoms with E-state index in [1.807, 2.05) is 25.4 Å². The Labute approximate surface area is 184 Å². The fourth-order valence-electron chi connectivity index (χ4n) is 3.63. The van der Waals surface area contributed by atoms with Crippen LogP contribution in [-0.4, -0.2) is 40.7 Å². The number of anilines is 3. The molecule has 1 aliphatic rings. The molecule has 9 nitrogen and oxygen atoms in total. The van der Waals surface area contributed by atoms with Crippen molar-refractivity contribution in [2.75, 3.05) is 24.7 Å². The summed E-state index contributed by atoms with van der Waals surface area (Å²) in [6, 6.07) is 5.10. The number of carbonyl (C=O) groups excluding carboxylic acids is 2. The number of fused-ring (bicyclic) bond motifs is 1. The van der Waals surface area contributed by atoms with Gasteiger partial charge in [-0.25, -0.2) is 4.98 Å². The van der Waals surface area contributed by atoms with Crippen LogP contribution in [0.15, 0.2) is 24.4 Å². The molecular formula is C22H26N6O3. The molecular weight excluding hydrogens is 396 g/mol. The monoisotopic (exact) mass is 425 g/mol. The first kappa shape index (κ1) is 17.1. The van der Waals surface area contributed by atoms with Gasteiger partial charge in [0.05, 0.1) is 35.0 Å². The molecule has 2 heterocycles. The molecule has 3 aromatic rings. The van der Waals surface area contributed by atoms with Gasteiger partial charge in [0, 0.05) is 42.0 Å². The zero-order valence-corrected chi connectivity index (χ0v) is 17.6. The maximum absolute atomic E-state index is 12.7. The van der Waals surface area contributed by atoms with E-state index in [2.05, 4.69) is 20.7 Å². The van der Waals surface area contributed by atoms with Crippen LogP contribution in [0.5, 0.6) is 5.75 Å². The second-order valence-electron chi connectivity index (χ2n) is 7.42. The lowest BCUT2D eigenvalue weighted by atomic mass is 10.1. The Morgan fingerprint density at radius 3 is 2.81 bits per heavy atom. The van der Waals surface area contributed by atoms with Crippen molar-refractivity contribution in [3.05, 3.63) is 35.7 Å². The van der Waals surface area contributed by atoms with Gasteiger partial charge in [0.1, 0.15) is 5.82 Å². The summed E-state index contributed by atoms with van der Waals surface area (Å²) < 4.78 is 29.6. The molecule has 31 heavy (non-hydrogen) atoms. The number of amides is 2. The number of nitrogens with zero attached hydrogens (tertiary/aromatic N) is 3. The number of nitrogens with one attached hydrogen (secondary N) is 3. The minimum Gasteiger partial charge on any atom is -0.494 e. The molecule has 0 atom stereocenters. The average molecular weight is 426 g/mol. The van der Waals surface area contributed by atoms with Crippen LogP contribution in [0.1, 0.15) is 39.9 Å². The van der Waals surface area contributed by atoms with Crippen molar-refractivity contribution in [2.24, 2.45) is 13.0 Å². The molecule has 1 aliphatic carbocycles. The highest BCUT2D eigenvalue weighted by atomic mass is 16.5. The Bertz CT molecular complexity index is 1270. The van der Waals surface area contributed by atoms with Gasteiger partial charge in [-0.05, 0) is 31.4 Å². The van der Waals surface area contributed by atoms with E-state index in [4.69, 9.17) is 8.85 Å². The molecule has 4 rings (SSSR count). The van der Waals surface area contributed by atoms with Crippen LogP contribution in [0.2, 0.25) is 0 Å². The molecule has 1 fully saturated rings. The van der Waals surface area contributed by atoms with E-state index in [1.54, 1.807) is 17.9 Å². The largest absolute Gasteiger partial charge is 0.494 e. The van der Waals surface area contributed by atoms with Crippen molar-refractivity contribution in [2.45, 2.75) is 26.2 Å². The Kier molecular flexibility index (Phi) is 4.55. The normalized spacial score (nSPS) is 15.0. The van der Waals surface area contributed by atoms with Gasteiger partial charge in [0.15, 0.2) is 5.75 Å². The molecule has 2 aromatic heterocycles. The number of hydrogen-bond acceptors (Lipinski definition) is 6. The lowest BCUT2D eigenvalue weighted by molar-refractivity contribution is -0.117. The van der Waals surface area contributed by atoms with Crippen molar-refractivity contribution in [3.8, 4) is 5.75 Å². The summed E-state index contributed by atoms with van der Waals surface area (Å²) in [5.74, 6) is -0.214. The fourth-order valence-corrected chi connectivity index (χ4v) is 3.63. The van der Waals surface area contributed by atoms with Crippen LogP contribution in [0.3, 0.4) is 0 Å². The first-order valence-electron chi connectivity index (χ1n) is 11.5. The lowest BCUT2D eigenvalue weighted by Gasteiger charge is -2.16. The van der Waals surface area contributed by atoms with Gasteiger partial charge in [0.25, 0.3) is 5.91 Å². The SMILES string of the molecule is [2H]C([2H])([2H])NC(=O)c1cnc(NC(=O)C2CC2)cc1Nc1ccc2nn(C)c(CC)c2c1OC. The van der Waals surface area contributed by atoms with E-state index in [0.717, 1.165) is 35.9 Å². The molecule has 162 valence electrons. The van der Waals surface area contributed by atoms with Crippen LogP contribution in [0.4, 0.5) is 17.2 Å². The first-order valence-corrected chi connectivity index (χ1v) is 10.0. The Hall–Kier alpha value is -3.62. The second-order valence-corrected chi connectivity index (χ2v) is 7.42. The number of hydrogen-bond donors (Lipinski definition) is 3. The predicted molar refractivity (Wildman–Crippen MR) is 119 cm³/mol. The van der Waals surface area contributed by atoms with E-state index in [1.165, 1.54) is 12.3 Å². The summed E-state index contributed by atoms with van der Waals surface area (Å²) >= 11 is 0. The van der Waals surface area contributed by atoms with Crippen LogP contribution >= 0.6 is 0 Å². The molecule has 9 heteroatoms. The third-order valence-electron chi connectivity index (χ3n) is 5.34. The minimum atomic E-state index is -2.67. The van der Waals surface area contributed by atoms with Gasteiger partial charge in [-0.1, -0.05) is 6.92 Å². The summed E-state index contributed by atoms with van der Waals surface area (Å²) in [6.45, 7) is -0.652. The standard InChI is InChI=1S/C22H26N6O3/c1-5-17-19-14(27-28(17)3)8-9-15(20(19)31-4)25-16-10-18(26-21(29)12-6-7-12)24-11-13(16)22(30)23-2/h8-12H,5-7H2,1-4H3,(H,23,30)(H2,24,25,26,29)/i2D3. The molecule has 1 saturated carbocycles. The van der Waals surface area contributed by atoms with Crippen molar-refractivity contribution >= 4 is 39.9 Å². The maximum Gasteiger partial charge on any atom is 0.254 e. The average Bonchev–Trinajstić information content (AvgIpc) is 3.55. The molecule has 0 unspecified atom stereocenters. The second kappa shape index (κ2) is 8.25. The van der Waals surface area contributed by atoms with E-state index in [0.29, 0.717) is 11.4 Å². The van der Waals surface area contributed by atoms with Gasteiger partial charge in [-0.2, -0.15) is 5.10 Å². The Morgan fingerprint density at radius 2 is 2.13 bits per heavy atom. The van der Waals surface area contributed by atoms with Gasteiger partial charge >= 0.3 is 0 Å². The number of carbonyl (C=O) groups is 2. The highest BCUT2D eigenvalue weighted by Gasteiger charge is 2.30. The van der Waals surface area contributed by atoms with Crippen LogP contribution in [0.25, 0.3) is 10.9 Å². The number of benzene rings is 1. The smallest absolute Gasteiger partial charge is 0.254 e. The first-order chi connectivity index (χ1) is 16.1. The van der Waals surface area contributed by atoms with Crippen molar-refractivity contribution < 1.29 is 18.4 Å². The predicted octanol–water partition coefficient (Wildman–Crippen LogP) is 2.99. The summed E-state index contributed by atoms with van der Waals surface area (Å²) in [6.07, 6.45) is 3.63. The molecule has 0 saturated heterocycles. The van der Waals surface area contributed by atoms with Crippen LogP contribution in [-0.2, 0) is 18.3 Å². The summed E-state index contributed by atoms with van der Waals surface area (Å²) in [7, 11) is 3.41. The molecule has 1 aromatic carbocycles. The number of aromatic nitrogens is 3. The Morgan fingerprint density at radius 1 is 1.32 bits per heavy atom. The van der Waals surface area contributed by atoms with Crippen molar-refractivity contribution in [3.63, 3.8) is 0 Å². The van der Waals surface area contributed by atoms with Crippen LogP contribution in [0, 0.1) is 5.92 Å². The van der Waals surface area contributed by atoms with E-state index >= 15 is 0 Å². The summed E-state index contributed by atoms with van der Waals surface area (Å²) in [5.41, 5.74) is 2.55. The van der Waals surface area contributed by atoms with E-state index in [-0.39, 0.29) is 28.9 Å². The quantitative estimate of drug-likeness (QED) is 0.537. The third kappa shape index (κ3) is 3.90. The van der Waals surface area contributed by atoms with E-state index in [9.17, 15) is 9.59 Å². The minimum absolute atomic E-state index is 0.00426. The fraction of sp³-hybridized carbons (Fsp3) is 0.364. The zero-order valence-electron chi connectivity index (χ0n) is 20.6. The topological polar surface area (TPSA) is 110 Å². The van der Waals surface area contributed by atoms with Gasteiger partial charge < -0.3 is 20.7 Å². The zero-order chi connectivity index (χ0) is 24.6. The lowest BCUT2D eigenvalue weighted by Crippen LogP contribution is -2.20. The highest BCUT2D eigenvalue weighted by molar-refractivity contribution is 6.02. The van der Waals surface area contributed by atoms with Gasteiger partial charge in [-0.3, -0.25) is 14.3 Å². The molecule has 0 bridgehead atoms. The number of ether oxygens (including phenoxy) is 1. The van der Waals surface area contributed by atoms with Gasteiger partial charge in [-0.15, -0.1) is 0 Å². The molecule has 0 radical (unpaired) electrons. The van der Waals surface area contributed by atoms with Crippen molar-refractivity contribution in [1.29, 1.82) is 0 Å². The summed E-state index contributed by atoms with van der Waals surface area (Å²) in [5, 5.41) is 13.3. The Balaban J connectivity index is 1.77. The molecule has 3 N–H and O–H groups in total. The molecule has 2 amide bonds. The number of pyridine rings is 1. The molecule has 0 aliphatic heterocycles. The number of rotatable bonds is 7. The van der Waals surface area contributed by atoms with Crippen LogP contribution < -0.4 is 20.7 Å². The van der Waals surface area contributed by atoms with E-state index < -0.39 is 12.9 Å².